The molecule has 0 bridgehead atoms. The second-order valence-electron chi connectivity index (χ2n) is 3.47. The van der Waals surface area contributed by atoms with E-state index in [9.17, 15) is 4.79 Å². The number of ketones is 1. The Kier molecular flexibility index (Phi) is 9.71. The van der Waals surface area contributed by atoms with Gasteiger partial charge in [0.05, 0.1) is 13.2 Å². The number of nitrogens with two attached hydrogens (primary N) is 1. The molecule has 0 aliphatic carbocycles. The van der Waals surface area contributed by atoms with Gasteiger partial charge in [0.2, 0.25) is 0 Å². The molecule has 0 rings (SSSR count). The van der Waals surface area contributed by atoms with Gasteiger partial charge in [-0.15, -0.1) is 0 Å². The first-order valence-electron chi connectivity index (χ1n) is 5.40. The van der Waals surface area contributed by atoms with Crippen molar-refractivity contribution in [1.82, 2.24) is 4.90 Å². The molecule has 0 aliphatic rings. The summed E-state index contributed by atoms with van der Waals surface area (Å²) in [5.74, 6) is 0.196. The highest BCUT2D eigenvalue weighted by atomic mass is 16.3. The summed E-state index contributed by atoms with van der Waals surface area (Å²) in [6.07, 6.45) is 1.74. The average Bonchev–Trinajstić information content (AvgIpc) is 2.23. The van der Waals surface area contributed by atoms with Gasteiger partial charge in [-0.3, -0.25) is 9.69 Å². The molecule has 0 atom stereocenters. The van der Waals surface area contributed by atoms with Crippen molar-refractivity contribution in [2.45, 2.75) is 19.3 Å². The van der Waals surface area contributed by atoms with Crippen LogP contribution < -0.4 is 5.73 Å². The molecule has 0 fully saturated rings. The fourth-order valence-corrected chi connectivity index (χ4v) is 1.33. The quantitative estimate of drug-likeness (QED) is 0.436. The van der Waals surface area contributed by atoms with Gasteiger partial charge in [-0.25, -0.2) is 0 Å². The molecule has 0 unspecified atom stereocenters. The minimum absolute atomic E-state index is 0.0526. The van der Waals surface area contributed by atoms with Crippen LogP contribution in [-0.4, -0.2) is 60.3 Å². The third kappa shape index (κ3) is 8.50. The van der Waals surface area contributed by atoms with Crippen LogP contribution in [0.5, 0.6) is 0 Å². The van der Waals surface area contributed by atoms with E-state index in [2.05, 4.69) is 0 Å². The first kappa shape index (κ1) is 14.5. The molecule has 0 spiro atoms. The number of carbonyl (C=O) groups is 1. The Morgan fingerprint density at radius 2 is 1.67 bits per heavy atom. The molecule has 5 nitrogen and oxygen atoms in total. The highest BCUT2D eigenvalue weighted by molar-refractivity contribution is 5.78. The summed E-state index contributed by atoms with van der Waals surface area (Å²) in [6, 6.07) is 0. The second-order valence-corrected chi connectivity index (χ2v) is 3.47. The lowest BCUT2D eigenvalue weighted by Gasteiger charge is -2.19. The van der Waals surface area contributed by atoms with Crippen LogP contribution in [0.15, 0.2) is 0 Å². The second kappa shape index (κ2) is 10.0. The fraction of sp³-hybridized carbons (Fsp3) is 0.900. The molecular weight excluding hydrogens is 196 g/mol. The predicted octanol–water partition coefficient (Wildman–Crippen LogP) is -1.03. The van der Waals surface area contributed by atoms with Crippen LogP contribution in [0.2, 0.25) is 0 Å². The molecule has 15 heavy (non-hydrogen) atoms. The smallest absolute Gasteiger partial charge is 0.134 e. The lowest BCUT2D eigenvalue weighted by atomic mass is 10.1. The number of aliphatic hydroxyl groups excluding tert-OH is 2. The first-order chi connectivity index (χ1) is 7.24. The van der Waals surface area contributed by atoms with Crippen molar-refractivity contribution in [3.8, 4) is 0 Å². The van der Waals surface area contributed by atoms with E-state index in [1.807, 2.05) is 4.90 Å². The lowest BCUT2D eigenvalue weighted by molar-refractivity contribution is -0.119. The van der Waals surface area contributed by atoms with Crippen LogP contribution in [0.25, 0.3) is 0 Å². The molecule has 0 aromatic heterocycles. The summed E-state index contributed by atoms with van der Waals surface area (Å²) < 4.78 is 0. The van der Waals surface area contributed by atoms with Gasteiger partial charge in [0.1, 0.15) is 5.78 Å². The first-order valence-corrected chi connectivity index (χ1v) is 5.40. The van der Waals surface area contributed by atoms with Gasteiger partial charge in [-0.1, -0.05) is 0 Å². The van der Waals surface area contributed by atoms with E-state index in [1.165, 1.54) is 0 Å². The molecule has 5 heteroatoms. The minimum Gasteiger partial charge on any atom is -0.395 e. The van der Waals surface area contributed by atoms with Gasteiger partial charge >= 0.3 is 0 Å². The van der Waals surface area contributed by atoms with Crippen molar-refractivity contribution in [3.05, 3.63) is 0 Å². The van der Waals surface area contributed by atoms with Crippen LogP contribution in [0.4, 0.5) is 0 Å². The van der Waals surface area contributed by atoms with E-state index in [0.29, 0.717) is 39.0 Å². The molecule has 0 aromatic rings. The Morgan fingerprint density at radius 1 is 1.07 bits per heavy atom. The molecule has 0 saturated carbocycles. The van der Waals surface area contributed by atoms with Crippen molar-refractivity contribution in [2.75, 3.05) is 39.4 Å². The summed E-state index contributed by atoms with van der Waals surface area (Å²) >= 11 is 0. The molecule has 0 amide bonds. The summed E-state index contributed by atoms with van der Waals surface area (Å²) in [7, 11) is 0. The minimum atomic E-state index is 0.0526. The maximum atomic E-state index is 11.3. The molecule has 4 N–H and O–H groups in total. The van der Waals surface area contributed by atoms with Gasteiger partial charge in [0, 0.05) is 32.5 Å². The van der Waals surface area contributed by atoms with Gasteiger partial charge in [0.25, 0.3) is 0 Å². The van der Waals surface area contributed by atoms with Crippen LogP contribution in [0.1, 0.15) is 19.3 Å². The monoisotopic (exact) mass is 218 g/mol. The molecule has 90 valence electrons. The van der Waals surface area contributed by atoms with Crippen molar-refractivity contribution < 1.29 is 15.0 Å². The Morgan fingerprint density at radius 3 is 2.13 bits per heavy atom. The third-order valence-corrected chi connectivity index (χ3v) is 2.20. The largest absolute Gasteiger partial charge is 0.395 e. The van der Waals surface area contributed by atoms with Crippen molar-refractivity contribution >= 4 is 5.78 Å². The normalized spacial score (nSPS) is 10.9. The highest BCUT2D eigenvalue weighted by Crippen LogP contribution is 1.97. The molecule has 0 radical (unpaired) electrons. The van der Waals surface area contributed by atoms with Crippen molar-refractivity contribution in [1.29, 1.82) is 0 Å². The number of hydrogen-bond acceptors (Lipinski definition) is 5. The number of hydrogen-bond donors (Lipinski definition) is 3. The average molecular weight is 218 g/mol. The predicted molar refractivity (Wildman–Crippen MR) is 58.5 cm³/mol. The summed E-state index contributed by atoms with van der Waals surface area (Å²) in [6.45, 7) is 2.26. The number of rotatable bonds is 10. The summed E-state index contributed by atoms with van der Waals surface area (Å²) in [5.41, 5.74) is 5.30. The van der Waals surface area contributed by atoms with Crippen LogP contribution in [0, 0.1) is 0 Å². The number of aliphatic hydroxyl groups is 2. The van der Waals surface area contributed by atoms with E-state index in [0.717, 1.165) is 6.42 Å². The Labute approximate surface area is 90.9 Å². The van der Waals surface area contributed by atoms with Gasteiger partial charge in [-0.2, -0.15) is 0 Å². The van der Waals surface area contributed by atoms with Gasteiger partial charge < -0.3 is 15.9 Å². The summed E-state index contributed by atoms with van der Waals surface area (Å²) in [4.78, 5) is 13.2. The van der Waals surface area contributed by atoms with E-state index in [4.69, 9.17) is 15.9 Å². The van der Waals surface area contributed by atoms with E-state index in [-0.39, 0.29) is 19.0 Å². The molecule has 0 saturated heterocycles. The van der Waals surface area contributed by atoms with E-state index in [1.54, 1.807) is 0 Å². The molecular formula is C10H22N2O3. The fourth-order valence-electron chi connectivity index (χ4n) is 1.33. The Bertz CT molecular complexity index is 159. The molecule has 0 heterocycles. The van der Waals surface area contributed by atoms with Gasteiger partial charge in [0.15, 0.2) is 0 Å². The number of nitrogens with zero attached hydrogens (tertiary/aromatic N) is 1. The standard InChI is InChI=1S/C10H22N2O3/c11-4-1-2-10(15)3-5-12(6-8-13)7-9-14/h13-14H,1-9,11H2. The Balaban J connectivity index is 3.62. The van der Waals surface area contributed by atoms with E-state index < -0.39 is 0 Å². The third-order valence-electron chi connectivity index (χ3n) is 2.20. The topological polar surface area (TPSA) is 86.8 Å². The lowest BCUT2D eigenvalue weighted by Crippen LogP contribution is -2.32. The van der Waals surface area contributed by atoms with E-state index >= 15 is 0 Å². The van der Waals surface area contributed by atoms with Crippen molar-refractivity contribution in [3.63, 3.8) is 0 Å². The van der Waals surface area contributed by atoms with Gasteiger partial charge in [-0.05, 0) is 13.0 Å². The zero-order valence-electron chi connectivity index (χ0n) is 9.19. The molecule has 0 aromatic carbocycles. The number of carbonyl (C=O) groups excluding carboxylic acids is 1. The highest BCUT2D eigenvalue weighted by Gasteiger charge is 2.07. The summed E-state index contributed by atoms with van der Waals surface area (Å²) in [5, 5.41) is 17.5. The SMILES string of the molecule is NCCCC(=O)CCN(CCO)CCO. The maximum Gasteiger partial charge on any atom is 0.134 e. The molecule has 0 aliphatic heterocycles. The maximum absolute atomic E-state index is 11.3. The Hall–Kier alpha value is -0.490. The van der Waals surface area contributed by atoms with Crippen LogP contribution >= 0.6 is 0 Å². The number of Topliss-reactive ketones (excluding diaryl/α,β-unsaturated/α-hetero) is 1. The zero-order chi connectivity index (χ0) is 11.5. The van der Waals surface area contributed by atoms with Crippen molar-refractivity contribution in [2.24, 2.45) is 5.73 Å². The van der Waals surface area contributed by atoms with Crippen LogP contribution in [-0.2, 0) is 4.79 Å². The zero-order valence-corrected chi connectivity index (χ0v) is 9.19. The van der Waals surface area contributed by atoms with Crippen LogP contribution in [0.3, 0.4) is 0 Å².